The van der Waals surface area contributed by atoms with Gasteiger partial charge in [0.15, 0.2) is 0 Å². The number of thiophene rings is 1. The van der Waals surface area contributed by atoms with E-state index in [1.165, 1.54) is 42.1 Å². The number of amides is 2. The summed E-state index contributed by atoms with van der Waals surface area (Å²) in [6.07, 6.45) is 1.63. The summed E-state index contributed by atoms with van der Waals surface area (Å²) in [4.78, 5) is 35.2. The highest BCUT2D eigenvalue weighted by Gasteiger charge is 2.33. The zero-order valence-corrected chi connectivity index (χ0v) is 22.8. The first-order chi connectivity index (χ1) is 19.6. The van der Waals surface area contributed by atoms with Crippen LogP contribution in [0.2, 0.25) is 0 Å². The Morgan fingerprint density at radius 3 is 2.46 bits per heavy atom. The van der Waals surface area contributed by atoms with Gasteiger partial charge in [-0.15, -0.1) is 11.3 Å². The first-order valence-corrected chi connectivity index (χ1v) is 13.4. The van der Waals surface area contributed by atoms with Crippen LogP contribution in [0.25, 0.3) is 10.4 Å². The van der Waals surface area contributed by atoms with Crippen molar-refractivity contribution in [2.45, 2.75) is 26.6 Å². The summed E-state index contributed by atoms with van der Waals surface area (Å²) in [5, 5.41) is 7.28. The maximum atomic E-state index is 13.9. The molecular formula is C30H24F3N5O2S. The number of carbonyl (C=O) groups excluding carboxylic acids is 2. The largest absolute Gasteiger partial charge is 0.416 e. The third-order valence-corrected chi connectivity index (χ3v) is 7.26. The maximum absolute atomic E-state index is 13.9. The third-order valence-electron chi connectivity index (χ3n) is 6.34. The van der Waals surface area contributed by atoms with Crippen LogP contribution in [0.1, 0.15) is 43.1 Å². The predicted octanol–water partition coefficient (Wildman–Crippen LogP) is 7.20. The second-order valence-corrected chi connectivity index (χ2v) is 10.4. The van der Waals surface area contributed by atoms with Crippen LogP contribution in [0.4, 0.5) is 24.5 Å². The number of pyridine rings is 1. The third kappa shape index (κ3) is 6.52. The van der Waals surface area contributed by atoms with E-state index in [2.05, 4.69) is 20.6 Å². The SMILES string of the molecule is Cc1cn(Cc2ccc(NC(=O)c3ccc(C)c(NC(=O)c4cncc(-c5cccs5)c4)c3)cc2C(F)(F)F)cn1. The van der Waals surface area contributed by atoms with Crippen LogP contribution in [0.3, 0.4) is 0 Å². The van der Waals surface area contributed by atoms with Gasteiger partial charge < -0.3 is 15.2 Å². The lowest BCUT2D eigenvalue weighted by molar-refractivity contribution is -0.138. The monoisotopic (exact) mass is 575 g/mol. The van der Waals surface area contributed by atoms with Crippen molar-refractivity contribution in [2.24, 2.45) is 0 Å². The average Bonchev–Trinajstić information content (AvgIpc) is 3.62. The molecular weight excluding hydrogens is 551 g/mol. The molecule has 0 aliphatic carbocycles. The molecule has 2 amide bonds. The molecule has 7 nitrogen and oxygen atoms in total. The van der Waals surface area contributed by atoms with Gasteiger partial charge in [-0.25, -0.2) is 4.98 Å². The first kappa shape index (κ1) is 27.8. The van der Waals surface area contributed by atoms with Gasteiger partial charge in [0.25, 0.3) is 11.8 Å². The molecule has 0 saturated heterocycles. The molecule has 0 atom stereocenters. The fourth-order valence-corrected chi connectivity index (χ4v) is 4.96. The standard InChI is InChI=1S/C30H24F3N5O2S/c1-18-5-6-20(11-26(18)37-29(40)23-10-22(13-34-14-23)27-4-3-9-41-27)28(39)36-24-8-7-21(25(12-24)30(31,32)33)16-38-15-19(2)35-17-38/h3-15,17H,16H2,1-2H3,(H,36,39)(H,37,40). The Morgan fingerprint density at radius 1 is 0.951 bits per heavy atom. The number of hydrogen-bond donors (Lipinski definition) is 2. The molecule has 3 aromatic heterocycles. The van der Waals surface area contributed by atoms with Crippen molar-refractivity contribution in [2.75, 3.05) is 10.6 Å². The molecule has 208 valence electrons. The van der Waals surface area contributed by atoms with Gasteiger partial charge in [0, 0.05) is 52.5 Å². The molecule has 0 radical (unpaired) electrons. The summed E-state index contributed by atoms with van der Waals surface area (Å²) < 4.78 is 43.2. The van der Waals surface area contributed by atoms with Gasteiger partial charge in [-0.05, 0) is 66.8 Å². The molecule has 41 heavy (non-hydrogen) atoms. The number of halogens is 3. The van der Waals surface area contributed by atoms with Crippen LogP contribution < -0.4 is 10.6 Å². The fraction of sp³-hybridized carbons (Fsp3) is 0.133. The van der Waals surface area contributed by atoms with Gasteiger partial charge in [-0.3, -0.25) is 14.6 Å². The number of nitrogens with zero attached hydrogens (tertiary/aromatic N) is 3. The lowest BCUT2D eigenvalue weighted by atomic mass is 10.0. The smallest absolute Gasteiger partial charge is 0.333 e. The average molecular weight is 576 g/mol. The van der Waals surface area contributed by atoms with E-state index >= 15 is 0 Å². The molecule has 0 bridgehead atoms. The number of aryl methyl sites for hydroxylation is 2. The molecule has 0 aliphatic heterocycles. The minimum atomic E-state index is -4.62. The van der Waals surface area contributed by atoms with Crippen LogP contribution in [0.5, 0.6) is 0 Å². The summed E-state index contributed by atoms with van der Waals surface area (Å²) >= 11 is 1.53. The van der Waals surface area contributed by atoms with Crippen molar-refractivity contribution in [1.82, 2.24) is 14.5 Å². The normalized spacial score (nSPS) is 11.3. The highest BCUT2D eigenvalue weighted by Crippen LogP contribution is 2.34. The van der Waals surface area contributed by atoms with Gasteiger partial charge in [0.2, 0.25) is 0 Å². The molecule has 0 unspecified atom stereocenters. The first-order valence-electron chi connectivity index (χ1n) is 12.5. The van der Waals surface area contributed by atoms with E-state index in [0.717, 1.165) is 16.5 Å². The Balaban J connectivity index is 1.33. The number of rotatable bonds is 7. The molecule has 0 saturated carbocycles. The number of anilines is 2. The second-order valence-electron chi connectivity index (χ2n) is 9.43. The van der Waals surface area contributed by atoms with Crippen LogP contribution in [0.15, 0.2) is 84.9 Å². The maximum Gasteiger partial charge on any atom is 0.416 e. The number of aromatic nitrogens is 3. The van der Waals surface area contributed by atoms with Crippen molar-refractivity contribution in [1.29, 1.82) is 0 Å². The van der Waals surface area contributed by atoms with Gasteiger partial charge >= 0.3 is 6.18 Å². The van der Waals surface area contributed by atoms with E-state index in [9.17, 15) is 22.8 Å². The molecule has 5 rings (SSSR count). The quantitative estimate of drug-likeness (QED) is 0.215. The van der Waals surface area contributed by atoms with Gasteiger partial charge in [-0.2, -0.15) is 13.2 Å². The molecule has 5 aromatic rings. The Bertz CT molecular complexity index is 1730. The van der Waals surface area contributed by atoms with Crippen molar-refractivity contribution in [3.63, 3.8) is 0 Å². The van der Waals surface area contributed by atoms with Crippen LogP contribution in [-0.4, -0.2) is 26.3 Å². The highest BCUT2D eigenvalue weighted by molar-refractivity contribution is 7.13. The molecule has 3 heterocycles. The number of nitrogens with one attached hydrogen (secondary N) is 2. The predicted molar refractivity (Wildman–Crippen MR) is 152 cm³/mol. The molecule has 0 aliphatic rings. The van der Waals surface area contributed by atoms with Crippen LogP contribution >= 0.6 is 11.3 Å². The zero-order chi connectivity index (χ0) is 29.1. The van der Waals surface area contributed by atoms with Crippen molar-refractivity contribution < 1.29 is 22.8 Å². The van der Waals surface area contributed by atoms with E-state index in [0.29, 0.717) is 22.5 Å². The number of alkyl halides is 3. The minimum Gasteiger partial charge on any atom is -0.333 e. The lowest BCUT2D eigenvalue weighted by Gasteiger charge is -2.16. The summed E-state index contributed by atoms with van der Waals surface area (Å²) in [5.74, 6) is -1.02. The molecule has 11 heteroatoms. The van der Waals surface area contributed by atoms with Crippen LogP contribution in [0, 0.1) is 13.8 Å². The van der Waals surface area contributed by atoms with Crippen molar-refractivity contribution in [3.8, 4) is 10.4 Å². The Kier molecular flexibility index (Phi) is 7.71. The Hall–Kier alpha value is -4.77. The summed E-state index contributed by atoms with van der Waals surface area (Å²) in [7, 11) is 0. The molecule has 2 N–H and O–H groups in total. The highest BCUT2D eigenvalue weighted by atomic mass is 32.1. The molecule has 0 fully saturated rings. The van der Waals surface area contributed by atoms with Gasteiger partial charge in [-0.1, -0.05) is 18.2 Å². The fourth-order valence-electron chi connectivity index (χ4n) is 4.25. The van der Waals surface area contributed by atoms with Crippen molar-refractivity contribution in [3.05, 3.63) is 118 Å². The van der Waals surface area contributed by atoms with Crippen LogP contribution in [-0.2, 0) is 12.7 Å². The second kappa shape index (κ2) is 11.4. The van der Waals surface area contributed by atoms with E-state index in [-0.39, 0.29) is 23.4 Å². The number of hydrogen-bond acceptors (Lipinski definition) is 5. The van der Waals surface area contributed by atoms with Crippen molar-refractivity contribution >= 4 is 34.5 Å². The van der Waals surface area contributed by atoms with E-state index in [4.69, 9.17) is 0 Å². The lowest BCUT2D eigenvalue weighted by Crippen LogP contribution is -2.17. The Labute approximate surface area is 237 Å². The summed E-state index contributed by atoms with van der Waals surface area (Å²) in [5.41, 5.74) is 2.31. The molecule has 2 aromatic carbocycles. The number of carbonyl (C=O) groups is 2. The van der Waals surface area contributed by atoms with E-state index in [1.54, 1.807) is 49.0 Å². The summed E-state index contributed by atoms with van der Waals surface area (Å²) in [6, 6.07) is 13.9. The zero-order valence-electron chi connectivity index (χ0n) is 22.0. The molecule has 0 spiro atoms. The topological polar surface area (TPSA) is 88.9 Å². The number of imidazole rings is 1. The Morgan fingerprint density at radius 2 is 1.76 bits per heavy atom. The number of benzene rings is 2. The van der Waals surface area contributed by atoms with E-state index in [1.807, 2.05) is 17.5 Å². The summed E-state index contributed by atoms with van der Waals surface area (Å²) in [6.45, 7) is 3.51. The van der Waals surface area contributed by atoms with Gasteiger partial charge in [0.1, 0.15) is 0 Å². The minimum absolute atomic E-state index is 0.00415. The van der Waals surface area contributed by atoms with E-state index < -0.39 is 23.6 Å². The van der Waals surface area contributed by atoms with Gasteiger partial charge in [0.05, 0.1) is 23.1 Å².